The topological polar surface area (TPSA) is 72.6 Å². The Labute approximate surface area is 128 Å². The molecule has 1 aliphatic heterocycles. The second kappa shape index (κ2) is 7.36. The molecule has 0 saturated carbocycles. The van der Waals surface area contributed by atoms with E-state index in [0.717, 1.165) is 23.5 Å². The fourth-order valence-corrected chi connectivity index (χ4v) is 3.21. The van der Waals surface area contributed by atoms with Gasteiger partial charge in [-0.15, -0.1) is 11.8 Å². The number of hydrogen-bond donors (Lipinski definition) is 1. The molecule has 1 aliphatic rings. The van der Waals surface area contributed by atoms with Crippen molar-refractivity contribution in [3.63, 3.8) is 0 Å². The predicted octanol–water partition coefficient (Wildman–Crippen LogP) is 1.65. The van der Waals surface area contributed by atoms with Gasteiger partial charge in [-0.25, -0.2) is 0 Å². The highest BCUT2D eigenvalue weighted by Gasteiger charge is 2.30. The Morgan fingerprint density at radius 1 is 1.33 bits per heavy atom. The predicted molar refractivity (Wildman–Crippen MR) is 82.3 cm³/mol. The first-order chi connectivity index (χ1) is 10.1. The molecule has 0 aliphatic carbocycles. The Kier molecular flexibility index (Phi) is 5.50. The average molecular weight is 308 g/mol. The lowest BCUT2D eigenvalue weighted by Crippen LogP contribution is -2.51. The van der Waals surface area contributed by atoms with Gasteiger partial charge in [-0.3, -0.25) is 9.59 Å². The maximum atomic E-state index is 12.3. The first-order valence-corrected chi connectivity index (χ1v) is 7.96. The lowest BCUT2D eigenvalue weighted by molar-refractivity contribution is -0.138. The van der Waals surface area contributed by atoms with E-state index in [9.17, 15) is 9.59 Å². The van der Waals surface area contributed by atoms with Gasteiger partial charge in [-0.2, -0.15) is 0 Å². The first-order valence-electron chi connectivity index (χ1n) is 6.97. The minimum atomic E-state index is -0.442. The van der Waals surface area contributed by atoms with Crippen molar-refractivity contribution in [1.29, 1.82) is 0 Å². The number of carbonyl (C=O) groups is 2. The van der Waals surface area contributed by atoms with E-state index >= 15 is 0 Å². The molecule has 1 atom stereocenters. The van der Waals surface area contributed by atoms with Gasteiger partial charge in [-0.05, 0) is 43.5 Å². The van der Waals surface area contributed by atoms with Gasteiger partial charge in [0.2, 0.25) is 11.8 Å². The maximum Gasteiger partial charge on any atom is 0.240 e. The molecular weight excluding hydrogens is 288 g/mol. The molecule has 0 spiro atoms. The third-order valence-electron chi connectivity index (χ3n) is 3.57. The summed E-state index contributed by atoms with van der Waals surface area (Å²) >= 11 is 1.46. The zero-order valence-electron chi connectivity index (χ0n) is 12.1. The molecule has 0 radical (unpaired) electrons. The van der Waals surface area contributed by atoms with Crippen molar-refractivity contribution in [2.24, 2.45) is 5.73 Å². The van der Waals surface area contributed by atoms with Crippen molar-refractivity contribution in [3.8, 4) is 5.75 Å². The SMILES string of the molecule is COc1ccc(SCC(=O)N2CCCC[C@H]2C(N)=O)cc1. The van der Waals surface area contributed by atoms with Crippen LogP contribution in [0, 0.1) is 0 Å². The van der Waals surface area contributed by atoms with E-state index < -0.39 is 11.9 Å². The molecule has 114 valence electrons. The number of amides is 2. The molecule has 21 heavy (non-hydrogen) atoms. The van der Waals surface area contributed by atoms with Crippen molar-refractivity contribution in [2.45, 2.75) is 30.2 Å². The van der Waals surface area contributed by atoms with Crippen LogP contribution in [-0.4, -0.2) is 42.2 Å². The molecule has 1 heterocycles. The van der Waals surface area contributed by atoms with Crippen molar-refractivity contribution in [1.82, 2.24) is 4.90 Å². The summed E-state index contributed by atoms with van der Waals surface area (Å²) in [6, 6.07) is 7.11. The largest absolute Gasteiger partial charge is 0.497 e. The minimum absolute atomic E-state index is 0.0284. The second-order valence-electron chi connectivity index (χ2n) is 4.97. The highest BCUT2D eigenvalue weighted by Crippen LogP contribution is 2.23. The van der Waals surface area contributed by atoms with Gasteiger partial charge < -0.3 is 15.4 Å². The number of piperidine rings is 1. The van der Waals surface area contributed by atoms with Crippen molar-refractivity contribution < 1.29 is 14.3 Å². The third-order valence-corrected chi connectivity index (χ3v) is 4.57. The fourth-order valence-electron chi connectivity index (χ4n) is 2.43. The fraction of sp³-hybridized carbons (Fsp3) is 0.467. The number of hydrogen-bond acceptors (Lipinski definition) is 4. The summed E-state index contributed by atoms with van der Waals surface area (Å²) < 4.78 is 5.09. The second-order valence-corrected chi connectivity index (χ2v) is 6.01. The van der Waals surface area contributed by atoms with Gasteiger partial charge in [-0.1, -0.05) is 0 Å². The zero-order valence-corrected chi connectivity index (χ0v) is 12.9. The van der Waals surface area contributed by atoms with Crippen LogP contribution >= 0.6 is 11.8 Å². The number of ether oxygens (including phenoxy) is 1. The molecule has 0 unspecified atom stereocenters. The van der Waals surface area contributed by atoms with Crippen molar-refractivity contribution >= 4 is 23.6 Å². The number of primary amides is 1. The molecule has 2 amide bonds. The highest BCUT2D eigenvalue weighted by molar-refractivity contribution is 8.00. The summed E-state index contributed by atoms with van der Waals surface area (Å²) in [6.07, 6.45) is 2.56. The van der Waals surface area contributed by atoms with Gasteiger partial charge in [0.05, 0.1) is 12.9 Å². The normalized spacial score (nSPS) is 18.3. The van der Waals surface area contributed by atoms with Crippen LogP contribution in [0.3, 0.4) is 0 Å². The van der Waals surface area contributed by atoms with Crippen LogP contribution in [0.5, 0.6) is 5.75 Å². The Bertz CT molecular complexity index is 504. The average Bonchev–Trinajstić information content (AvgIpc) is 2.53. The first kappa shape index (κ1) is 15.7. The molecule has 0 bridgehead atoms. The van der Waals surface area contributed by atoms with E-state index in [1.165, 1.54) is 11.8 Å². The number of nitrogens with two attached hydrogens (primary N) is 1. The summed E-state index contributed by atoms with van der Waals surface area (Å²) in [5.74, 6) is 0.670. The lowest BCUT2D eigenvalue weighted by atomic mass is 10.0. The number of rotatable bonds is 5. The number of benzene rings is 1. The number of methoxy groups -OCH3 is 1. The molecule has 1 aromatic carbocycles. The zero-order chi connectivity index (χ0) is 15.2. The van der Waals surface area contributed by atoms with Crippen LogP contribution in [0.15, 0.2) is 29.2 Å². The van der Waals surface area contributed by atoms with Crippen LogP contribution < -0.4 is 10.5 Å². The van der Waals surface area contributed by atoms with Gasteiger partial charge in [0, 0.05) is 11.4 Å². The molecule has 1 fully saturated rings. The Morgan fingerprint density at radius 3 is 2.67 bits per heavy atom. The molecule has 2 N–H and O–H groups in total. The quantitative estimate of drug-likeness (QED) is 0.840. The van der Waals surface area contributed by atoms with Gasteiger partial charge in [0.15, 0.2) is 0 Å². The minimum Gasteiger partial charge on any atom is -0.497 e. The third kappa shape index (κ3) is 4.14. The lowest BCUT2D eigenvalue weighted by Gasteiger charge is -2.33. The Morgan fingerprint density at radius 2 is 2.05 bits per heavy atom. The number of carbonyl (C=O) groups excluding carboxylic acids is 2. The van der Waals surface area contributed by atoms with E-state index in [-0.39, 0.29) is 5.91 Å². The van der Waals surface area contributed by atoms with E-state index in [2.05, 4.69) is 0 Å². The van der Waals surface area contributed by atoms with Crippen LogP contribution in [-0.2, 0) is 9.59 Å². The molecule has 2 rings (SSSR count). The molecule has 5 nitrogen and oxygen atoms in total. The van der Waals surface area contributed by atoms with E-state index in [4.69, 9.17) is 10.5 Å². The van der Waals surface area contributed by atoms with E-state index in [1.54, 1.807) is 12.0 Å². The number of nitrogens with zero attached hydrogens (tertiary/aromatic N) is 1. The summed E-state index contributed by atoms with van der Waals surface area (Å²) in [6.45, 7) is 0.621. The summed E-state index contributed by atoms with van der Waals surface area (Å²) in [5.41, 5.74) is 5.38. The van der Waals surface area contributed by atoms with Crippen LogP contribution in [0.2, 0.25) is 0 Å². The molecule has 0 aromatic heterocycles. The molecular formula is C15H20N2O3S. The van der Waals surface area contributed by atoms with Crippen molar-refractivity contribution in [2.75, 3.05) is 19.4 Å². The monoisotopic (exact) mass is 308 g/mol. The Balaban J connectivity index is 1.91. The van der Waals surface area contributed by atoms with Crippen LogP contribution in [0.25, 0.3) is 0 Å². The van der Waals surface area contributed by atoms with Crippen LogP contribution in [0.1, 0.15) is 19.3 Å². The van der Waals surface area contributed by atoms with Gasteiger partial charge in [0.1, 0.15) is 11.8 Å². The van der Waals surface area contributed by atoms with Gasteiger partial charge in [0.25, 0.3) is 0 Å². The van der Waals surface area contributed by atoms with Crippen molar-refractivity contribution in [3.05, 3.63) is 24.3 Å². The smallest absolute Gasteiger partial charge is 0.240 e. The van der Waals surface area contributed by atoms with Gasteiger partial charge >= 0.3 is 0 Å². The summed E-state index contributed by atoms with van der Waals surface area (Å²) in [7, 11) is 1.62. The summed E-state index contributed by atoms with van der Waals surface area (Å²) in [4.78, 5) is 26.3. The number of likely N-dealkylation sites (tertiary alicyclic amines) is 1. The summed E-state index contributed by atoms with van der Waals surface area (Å²) in [5, 5.41) is 0. The standard InChI is InChI=1S/C15H20N2O3S/c1-20-11-5-7-12(8-6-11)21-10-14(18)17-9-3-2-4-13(17)15(16)19/h5-8,13H,2-4,9-10H2,1H3,(H2,16,19)/t13-/m0/s1. The van der Waals surface area contributed by atoms with E-state index in [1.807, 2.05) is 24.3 Å². The maximum absolute atomic E-state index is 12.3. The van der Waals surface area contributed by atoms with E-state index in [0.29, 0.717) is 18.7 Å². The number of thioether (sulfide) groups is 1. The molecule has 1 aromatic rings. The highest BCUT2D eigenvalue weighted by atomic mass is 32.2. The Hall–Kier alpha value is -1.69. The van der Waals surface area contributed by atoms with Crippen LogP contribution in [0.4, 0.5) is 0 Å². The molecule has 6 heteroatoms. The molecule has 1 saturated heterocycles.